The summed E-state index contributed by atoms with van der Waals surface area (Å²) in [4.78, 5) is 0. The molecule has 17 heavy (non-hydrogen) atoms. The number of anilines is 1. The SMILES string of the molecule is Cc1cc(CNCC2(C)CCCO2)ccc1N. The van der Waals surface area contributed by atoms with Gasteiger partial charge in [0.1, 0.15) is 0 Å². The van der Waals surface area contributed by atoms with E-state index in [1.807, 2.05) is 13.0 Å². The van der Waals surface area contributed by atoms with Crippen LogP contribution in [0.15, 0.2) is 18.2 Å². The fourth-order valence-electron chi connectivity index (χ4n) is 2.30. The van der Waals surface area contributed by atoms with Crippen molar-refractivity contribution in [2.45, 2.75) is 38.8 Å². The lowest BCUT2D eigenvalue weighted by Crippen LogP contribution is -2.36. The molecule has 3 nitrogen and oxygen atoms in total. The zero-order chi connectivity index (χ0) is 12.3. The first-order chi connectivity index (χ1) is 8.09. The van der Waals surface area contributed by atoms with Crippen molar-refractivity contribution in [1.29, 1.82) is 0 Å². The highest BCUT2D eigenvalue weighted by Crippen LogP contribution is 2.24. The van der Waals surface area contributed by atoms with Gasteiger partial charge >= 0.3 is 0 Å². The minimum absolute atomic E-state index is 0.0306. The van der Waals surface area contributed by atoms with Crippen molar-refractivity contribution in [2.24, 2.45) is 0 Å². The Morgan fingerprint density at radius 3 is 2.94 bits per heavy atom. The lowest BCUT2D eigenvalue weighted by atomic mass is 10.0. The quantitative estimate of drug-likeness (QED) is 0.785. The molecule has 1 saturated heterocycles. The molecule has 0 aromatic heterocycles. The van der Waals surface area contributed by atoms with Crippen LogP contribution < -0.4 is 11.1 Å². The number of hydrogen-bond acceptors (Lipinski definition) is 3. The molecule has 0 saturated carbocycles. The number of nitrogen functional groups attached to an aromatic ring is 1. The monoisotopic (exact) mass is 234 g/mol. The summed E-state index contributed by atoms with van der Waals surface area (Å²) < 4.78 is 5.74. The van der Waals surface area contributed by atoms with E-state index in [-0.39, 0.29) is 5.60 Å². The van der Waals surface area contributed by atoms with Crippen molar-refractivity contribution < 1.29 is 4.74 Å². The van der Waals surface area contributed by atoms with Gasteiger partial charge in [-0.1, -0.05) is 12.1 Å². The Bertz CT molecular complexity index is 384. The maximum absolute atomic E-state index is 5.80. The predicted octanol–water partition coefficient (Wildman–Crippen LogP) is 2.24. The van der Waals surface area contributed by atoms with Crippen molar-refractivity contribution in [3.05, 3.63) is 29.3 Å². The second-order valence-electron chi connectivity index (χ2n) is 5.20. The van der Waals surface area contributed by atoms with E-state index in [0.29, 0.717) is 0 Å². The van der Waals surface area contributed by atoms with E-state index >= 15 is 0 Å². The van der Waals surface area contributed by atoms with Crippen molar-refractivity contribution in [3.63, 3.8) is 0 Å². The van der Waals surface area contributed by atoms with E-state index in [1.54, 1.807) is 0 Å². The fraction of sp³-hybridized carbons (Fsp3) is 0.571. The van der Waals surface area contributed by atoms with Crippen LogP contribution in [0.5, 0.6) is 0 Å². The van der Waals surface area contributed by atoms with Crippen molar-refractivity contribution >= 4 is 5.69 Å². The minimum atomic E-state index is 0.0306. The molecule has 1 aromatic carbocycles. The zero-order valence-corrected chi connectivity index (χ0v) is 10.8. The molecule has 1 aromatic rings. The van der Waals surface area contributed by atoms with Crippen molar-refractivity contribution in [3.8, 4) is 0 Å². The Kier molecular flexibility index (Phi) is 3.69. The Labute approximate surface area is 103 Å². The third kappa shape index (κ3) is 3.20. The van der Waals surface area contributed by atoms with Gasteiger partial charge in [0.25, 0.3) is 0 Å². The van der Waals surface area contributed by atoms with E-state index in [0.717, 1.165) is 37.4 Å². The van der Waals surface area contributed by atoms with Crippen LogP contribution in [0.1, 0.15) is 30.9 Å². The van der Waals surface area contributed by atoms with E-state index < -0.39 is 0 Å². The molecule has 0 spiro atoms. The first kappa shape index (κ1) is 12.4. The van der Waals surface area contributed by atoms with Crippen LogP contribution in [0.2, 0.25) is 0 Å². The smallest absolute Gasteiger partial charge is 0.0779 e. The molecule has 0 amide bonds. The van der Waals surface area contributed by atoms with Gasteiger partial charge in [-0.2, -0.15) is 0 Å². The van der Waals surface area contributed by atoms with Gasteiger partial charge in [0.2, 0.25) is 0 Å². The molecule has 3 heteroatoms. The van der Waals surface area contributed by atoms with Gasteiger partial charge in [-0.05, 0) is 43.9 Å². The molecule has 1 aliphatic rings. The Balaban J connectivity index is 1.83. The number of ether oxygens (including phenoxy) is 1. The van der Waals surface area contributed by atoms with Crippen LogP contribution >= 0.6 is 0 Å². The van der Waals surface area contributed by atoms with Crippen LogP contribution in [0.4, 0.5) is 5.69 Å². The fourth-order valence-corrected chi connectivity index (χ4v) is 2.30. The van der Waals surface area contributed by atoms with Crippen LogP contribution in [-0.2, 0) is 11.3 Å². The Morgan fingerprint density at radius 2 is 2.29 bits per heavy atom. The number of hydrogen-bond donors (Lipinski definition) is 2. The summed E-state index contributed by atoms with van der Waals surface area (Å²) in [7, 11) is 0. The average Bonchev–Trinajstić information content (AvgIpc) is 2.71. The molecule has 0 aliphatic carbocycles. The van der Waals surface area contributed by atoms with E-state index in [2.05, 4.69) is 24.4 Å². The Hall–Kier alpha value is -1.06. The maximum atomic E-state index is 5.80. The molecule has 0 radical (unpaired) electrons. The van der Waals surface area contributed by atoms with Gasteiger partial charge in [-0.15, -0.1) is 0 Å². The van der Waals surface area contributed by atoms with E-state index in [9.17, 15) is 0 Å². The molecule has 3 N–H and O–H groups in total. The summed E-state index contributed by atoms with van der Waals surface area (Å²) in [5, 5.41) is 3.46. The normalized spacial score (nSPS) is 24.1. The molecule has 0 bridgehead atoms. The minimum Gasteiger partial charge on any atom is -0.399 e. The van der Waals surface area contributed by atoms with Crippen LogP contribution in [0, 0.1) is 6.92 Å². The van der Waals surface area contributed by atoms with Crippen LogP contribution in [0.3, 0.4) is 0 Å². The van der Waals surface area contributed by atoms with E-state index in [1.165, 1.54) is 12.0 Å². The van der Waals surface area contributed by atoms with E-state index in [4.69, 9.17) is 10.5 Å². The maximum Gasteiger partial charge on any atom is 0.0779 e. The number of rotatable bonds is 4. The van der Waals surface area contributed by atoms with Crippen LogP contribution in [0.25, 0.3) is 0 Å². The highest BCUT2D eigenvalue weighted by molar-refractivity contribution is 5.47. The zero-order valence-electron chi connectivity index (χ0n) is 10.8. The summed E-state index contributed by atoms with van der Waals surface area (Å²) in [6.07, 6.45) is 2.33. The molecule has 1 heterocycles. The number of aryl methyl sites for hydroxylation is 1. The first-order valence-electron chi connectivity index (χ1n) is 6.29. The average molecular weight is 234 g/mol. The molecule has 1 fully saturated rings. The second-order valence-corrected chi connectivity index (χ2v) is 5.20. The molecule has 2 rings (SSSR count). The molecular formula is C14H22N2O. The van der Waals surface area contributed by atoms with Crippen LogP contribution in [-0.4, -0.2) is 18.8 Å². The third-order valence-corrected chi connectivity index (χ3v) is 3.46. The van der Waals surface area contributed by atoms with Gasteiger partial charge < -0.3 is 15.8 Å². The standard InChI is InChI=1S/C14H22N2O/c1-11-8-12(4-5-13(11)15)9-16-10-14(2)6-3-7-17-14/h4-5,8,16H,3,6-7,9-10,15H2,1-2H3. The predicted molar refractivity (Wildman–Crippen MR) is 70.9 cm³/mol. The molecule has 94 valence electrons. The molecule has 1 unspecified atom stereocenters. The van der Waals surface area contributed by atoms with Gasteiger partial charge in [0.15, 0.2) is 0 Å². The summed E-state index contributed by atoms with van der Waals surface area (Å²) in [6.45, 7) is 6.91. The molecular weight excluding hydrogens is 212 g/mol. The first-order valence-corrected chi connectivity index (χ1v) is 6.29. The van der Waals surface area contributed by atoms with Gasteiger partial charge in [-0.25, -0.2) is 0 Å². The summed E-state index contributed by atoms with van der Waals surface area (Å²) in [6, 6.07) is 6.19. The van der Waals surface area contributed by atoms with Gasteiger partial charge in [0.05, 0.1) is 5.60 Å². The number of nitrogens with one attached hydrogen (secondary N) is 1. The van der Waals surface area contributed by atoms with Gasteiger partial charge in [-0.3, -0.25) is 0 Å². The highest BCUT2D eigenvalue weighted by atomic mass is 16.5. The topological polar surface area (TPSA) is 47.3 Å². The number of nitrogens with two attached hydrogens (primary N) is 1. The lowest BCUT2D eigenvalue weighted by Gasteiger charge is -2.23. The summed E-state index contributed by atoms with van der Waals surface area (Å²) in [5.74, 6) is 0. The summed E-state index contributed by atoms with van der Waals surface area (Å²) in [5.41, 5.74) is 9.11. The van der Waals surface area contributed by atoms with Crippen molar-refractivity contribution in [1.82, 2.24) is 5.32 Å². The third-order valence-electron chi connectivity index (χ3n) is 3.46. The molecule has 1 aliphatic heterocycles. The highest BCUT2D eigenvalue weighted by Gasteiger charge is 2.28. The molecule has 1 atom stereocenters. The Morgan fingerprint density at radius 1 is 1.47 bits per heavy atom. The lowest BCUT2D eigenvalue weighted by molar-refractivity contribution is 0.0207. The van der Waals surface area contributed by atoms with Crippen molar-refractivity contribution in [2.75, 3.05) is 18.9 Å². The van der Waals surface area contributed by atoms with Gasteiger partial charge in [0, 0.05) is 25.4 Å². The number of benzene rings is 1. The summed E-state index contributed by atoms with van der Waals surface area (Å²) >= 11 is 0. The largest absolute Gasteiger partial charge is 0.399 e. The second kappa shape index (κ2) is 5.07.